The summed E-state index contributed by atoms with van der Waals surface area (Å²) in [6.45, 7) is 3.72. The van der Waals surface area contributed by atoms with E-state index in [4.69, 9.17) is 9.84 Å². The Hall–Kier alpha value is -0.610. The fraction of sp³-hybridized carbons (Fsp3) is 0.889. The Morgan fingerprint density at radius 2 is 2.46 bits per heavy atom. The van der Waals surface area contributed by atoms with Gasteiger partial charge in [0.2, 0.25) is 0 Å². The number of rotatable bonds is 5. The first-order chi connectivity index (χ1) is 6.24. The lowest BCUT2D eigenvalue weighted by molar-refractivity contribution is -0.136. The lowest BCUT2D eigenvalue weighted by atomic mass is 10.00. The molecule has 0 radical (unpaired) electrons. The van der Waals surface area contributed by atoms with E-state index in [-0.39, 0.29) is 6.54 Å². The monoisotopic (exact) mass is 187 g/mol. The van der Waals surface area contributed by atoms with E-state index in [2.05, 4.69) is 12.2 Å². The van der Waals surface area contributed by atoms with Crippen molar-refractivity contribution in [2.45, 2.75) is 25.9 Å². The molecule has 0 saturated carbocycles. The number of carbonyl (C=O) groups is 1. The van der Waals surface area contributed by atoms with Gasteiger partial charge in [-0.05, 0) is 18.8 Å². The van der Waals surface area contributed by atoms with Gasteiger partial charge in [0, 0.05) is 13.2 Å². The van der Waals surface area contributed by atoms with Gasteiger partial charge in [0.15, 0.2) is 0 Å². The quantitative estimate of drug-likeness (QED) is 0.657. The number of nitrogens with one attached hydrogen (secondary N) is 1. The first-order valence-electron chi connectivity index (χ1n) is 4.78. The molecule has 2 N–H and O–H groups in total. The fourth-order valence-corrected chi connectivity index (χ4v) is 1.74. The van der Waals surface area contributed by atoms with Gasteiger partial charge in [0.1, 0.15) is 0 Å². The highest BCUT2D eigenvalue weighted by atomic mass is 16.5. The Morgan fingerprint density at radius 1 is 1.69 bits per heavy atom. The first kappa shape index (κ1) is 10.5. The predicted octanol–water partition coefficient (Wildman–Crippen LogP) is 0.476. The van der Waals surface area contributed by atoms with Gasteiger partial charge in [0.05, 0.1) is 12.6 Å². The summed E-state index contributed by atoms with van der Waals surface area (Å²) in [6, 6.07) is 0. The summed E-state index contributed by atoms with van der Waals surface area (Å²) in [5.74, 6) is -0.309. The number of carboxylic acid groups (broad SMARTS) is 1. The largest absolute Gasteiger partial charge is 0.480 e. The molecule has 4 nitrogen and oxygen atoms in total. The predicted molar refractivity (Wildman–Crippen MR) is 48.6 cm³/mol. The van der Waals surface area contributed by atoms with Gasteiger partial charge < -0.3 is 15.2 Å². The van der Waals surface area contributed by atoms with Crippen molar-refractivity contribution < 1.29 is 14.6 Å². The summed E-state index contributed by atoms with van der Waals surface area (Å²) < 4.78 is 5.48. The zero-order chi connectivity index (χ0) is 9.68. The van der Waals surface area contributed by atoms with E-state index in [0.29, 0.717) is 12.0 Å². The molecule has 0 amide bonds. The van der Waals surface area contributed by atoms with Crippen LogP contribution in [0.5, 0.6) is 0 Å². The number of carboxylic acids is 1. The second kappa shape index (κ2) is 5.19. The van der Waals surface area contributed by atoms with Crippen LogP contribution in [0.15, 0.2) is 0 Å². The summed E-state index contributed by atoms with van der Waals surface area (Å²) in [5.41, 5.74) is 0. The lowest BCUT2D eigenvalue weighted by Gasteiger charge is -2.16. The molecule has 76 valence electrons. The summed E-state index contributed by atoms with van der Waals surface area (Å²) in [4.78, 5) is 10.2. The Bertz CT molecular complexity index is 172. The van der Waals surface area contributed by atoms with Gasteiger partial charge in [-0.1, -0.05) is 6.92 Å². The van der Waals surface area contributed by atoms with E-state index in [1.165, 1.54) is 0 Å². The molecule has 0 aliphatic carbocycles. The average Bonchev–Trinajstić information content (AvgIpc) is 2.51. The fourth-order valence-electron chi connectivity index (χ4n) is 1.74. The molecule has 1 fully saturated rings. The van der Waals surface area contributed by atoms with Crippen LogP contribution in [0.2, 0.25) is 0 Å². The van der Waals surface area contributed by atoms with Crippen molar-refractivity contribution in [3.63, 3.8) is 0 Å². The van der Waals surface area contributed by atoms with Crippen molar-refractivity contribution in [2.24, 2.45) is 5.92 Å². The van der Waals surface area contributed by atoms with Crippen LogP contribution in [0.3, 0.4) is 0 Å². The SMILES string of the molecule is CCC1OCCC1CNCC(=O)O. The number of aliphatic carboxylic acids is 1. The van der Waals surface area contributed by atoms with E-state index in [0.717, 1.165) is 26.0 Å². The molecular weight excluding hydrogens is 170 g/mol. The molecule has 0 bridgehead atoms. The molecule has 1 rings (SSSR count). The van der Waals surface area contributed by atoms with E-state index in [1.54, 1.807) is 0 Å². The molecule has 1 saturated heterocycles. The number of hydrogen-bond donors (Lipinski definition) is 2. The van der Waals surface area contributed by atoms with Crippen LogP contribution in [-0.4, -0.2) is 36.9 Å². The van der Waals surface area contributed by atoms with E-state index >= 15 is 0 Å². The average molecular weight is 187 g/mol. The van der Waals surface area contributed by atoms with Gasteiger partial charge in [-0.15, -0.1) is 0 Å². The Kier molecular flexibility index (Phi) is 4.18. The van der Waals surface area contributed by atoms with E-state index < -0.39 is 5.97 Å². The molecule has 0 aromatic carbocycles. The van der Waals surface area contributed by atoms with Crippen LogP contribution in [0, 0.1) is 5.92 Å². The molecular formula is C9H17NO3. The Morgan fingerprint density at radius 3 is 3.08 bits per heavy atom. The van der Waals surface area contributed by atoms with Gasteiger partial charge in [-0.25, -0.2) is 0 Å². The zero-order valence-corrected chi connectivity index (χ0v) is 7.95. The van der Waals surface area contributed by atoms with Crippen LogP contribution in [0.25, 0.3) is 0 Å². The molecule has 4 heteroatoms. The maximum atomic E-state index is 10.2. The van der Waals surface area contributed by atoms with Crippen molar-refractivity contribution in [1.29, 1.82) is 0 Å². The molecule has 2 atom stereocenters. The second-order valence-corrected chi connectivity index (χ2v) is 3.39. The van der Waals surface area contributed by atoms with Gasteiger partial charge >= 0.3 is 5.97 Å². The van der Waals surface area contributed by atoms with Crippen molar-refractivity contribution in [3.8, 4) is 0 Å². The van der Waals surface area contributed by atoms with E-state index in [1.807, 2.05) is 0 Å². The molecule has 0 aromatic heterocycles. The number of ether oxygens (including phenoxy) is 1. The maximum absolute atomic E-state index is 10.2. The minimum Gasteiger partial charge on any atom is -0.480 e. The van der Waals surface area contributed by atoms with Crippen LogP contribution in [0.1, 0.15) is 19.8 Å². The molecule has 13 heavy (non-hydrogen) atoms. The van der Waals surface area contributed by atoms with Crippen LogP contribution in [0.4, 0.5) is 0 Å². The second-order valence-electron chi connectivity index (χ2n) is 3.39. The first-order valence-corrected chi connectivity index (χ1v) is 4.78. The minimum absolute atomic E-state index is 0.0485. The molecule has 0 spiro atoms. The maximum Gasteiger partial charge on any atom is 0.317 e. The summed E-state index contributed by atoms with van der Waals surface area (Å²) in [7, 11) is 0. The van der Waals surface area contributed by atoms with Gasteiger partial charge in [-0.2, -0.15) is 0 Å². The van der Waals surface area contributed by atoms with Crippen LogP contribution >= 0.6 is 0 Å². The Labute approximate surface area is 78.3 Å². The standard InChI is InChI=1S/C9H17NO3/c1-2-8-7(3-4-13-8)5-10-6-9(11)12/h7-8,10H,2-6H2,1H3,(H,11,12). The molecule has 1 heterocycles. The van der Waals surface area contributed by atoms with Gasteiger partial charge in [0.25, 0.3) is 0 Å². The highest BCUT2D eigenvalue weighted by Crippen LogP contribution is 2.22. The zero-order valence-electron chi connectivity index (χ0n) is 7.95. The molecule has 0 aromatic rings. The summed E-state index contributed by atoms with van der Waals surface area (Å²) >= 11 is 0. The van der Waals surface area contributed by atoms with Crippen molar-refractivity contribution in [2.75, 3.05) is 19.7 Å². The third kappa shape index (κ3) is 3.32. The summed E-state index contributed by atoms with van der Waals surface area (Å²) in [5, 5.41) is 11.3. The van der Waals surface area contributed by atoms with Crippen molar-refractivity contribution in [3.05, 3.63) is 0 Å². The highest BCUT2D eigenvalue weighted by Gasteiger charge is 2.25. The molecule has 1 aliphatic heterocycles. The van der Waals surface area contributed by atoms with Crippen molar-refractivity contribution >= 4 is 5.97 Å². The third-order valence-corrected chi connectivity index (χ3v) is 2.43. The van der Waals surface area contributed by atoms with Crippen molar-refractivity contribution in [1.82, 2.24) is 5.32 Å². The normalized spacial score (nSPS) is 27.8. The topological polar surface area (TPSA) is 58.6 Å². The third-order valence-electron chi connectivity index (χ3n) is 2.43. The Balaban J connectivity index is 2.16. The van der Waals surface area contributed by atoms with Crippen LogP contribution in [-0.2, 0) is 9.53 Å². The number of hydrogen-bond acceptors (Lipinski definition) is 3. The smallest absolute Gasteiger partial charge is 0.317 e. The molecule has 1 aliphatic rings. The van der Waals surface area contributed by atoms with E-state index in [9.17, 15) is 4.79 Å². The highest BCUT2D eigenvalue weighted by molar-refractivity contribution is 5.68. The molecule has 2 unspecified atom stereocenters. The minimum atomic E-state index is -0.799. The van der Waals surface area contributed by atoms with Gasteiger partial charge in [-0.3, -0.25) is 4.79 Å². The lowest BCUT2D eigenvalue weighted by Crippen LogP contribution is -2.31. The van der Waals surface area contributed by atoms with Crippen LogP contribution < -0.4 is 5.32 Å². The summed E-state index contributed by atoms with van der Waals surface area (Å²) in [6.07, 6.45) is 2.38.